The lowest BCUT2D eigenvalue weighted by atomic mass is 10.2. The SMILES string of the molecule is CC(=O)c1cc(-c2ncccn2)c2cc(N)ccn12. The third kappa shape index (κ3) is 1.85. The highest BCUT2D eigenvalue weighted by molar-refractivity contribution is 5.97. The van der Waals surface area contributed by atoms with Crippen molar-refractivity contribution in [3.63, 3.8) is 0 Å². The van der Waals surface area contributed by atoms with Gasteiger partial charge in [-0.1, -0.05) is 0 Å². The molecule has 0 aliphatic rings. The molecule has 2 N–H and O–H groups in total. The third-order valence-corrected chi connectivity index (χ3v) is 2.96. The predicted octanol–water partition coefficient (Wildman–Crippen LogP) is 2.18. The fourth-order valence-electron chi connectivity index (χ4n) is 2.10. The van der Waals surface area contributed by atoms with Gasteiger partial charge in [-0.2, -0.15) is 0 Å². The molecule has 0 saturated carbocycles. The Morgan fingerprint density at radius 3 is 2.68 bits per heavy atom. The largest absolute Gasteiger partial charge is 0.399 e. The Hall–Kier alpha value is -2.69. The summed E-state index contributed by atoms with van der Waals surface area (Å²) in [7, 11) is 0. The number of hydrogen-bond acceptors (Lipinski definition) is 4. The second-order valence-corrected chi connectivity index (χ2v) is 4.29. The Kier molecular flexibility index (Phi) is 2.52. The molecule has 3 rings (SSSR count). The summed E-state index contributed by atoms with van der Waals surface area (Å²) in [5, 5.41) is 0. The van der Waals surface area contributed by atoms with E-state index in [1.807, 2.05) is 10.5 Å². The van der Waals surface area contributed by atoms with Crippen LogP contribution in [0.4, 0.5) is 5.69 Å². The highest BCUT2D eigenvalue weighted by Gasteiger charge is 2.15. The number of carbonyl (C=O) groups excluding carboxylic acids is 1. The summed E-state index contributed by atoms with van der Waals surface area (Å²) in [6.07, 6.45) is 5.13. The Balaban J connectivity index is 2.36. The van der Waals surface area contributed by atoms with E-state index in [0.717, 1.165) is 11.1 Å². The molecule has 94 valence electrons. The van der Waals surface area contributed by atoms with Crippen LogP contribution in [0.2, 0.25) is 0 Å². The first-order valence-corrected chi connectivity index (χ1v) is 5.86. The van der Waals surface area contributed by atoms with Gasteiger partial charge in [-0.3, -0.25) is 4.79 Å². The number of ketones is 1. The van der Waals surface area contributed by atoms with E-state index in [0.29, 0.717) is 17.2 Å². The van der Waals surface area contributed by atoms with Gasteiger partial charge in [0.1, 0.15) is 0 Å². The molecular weight excluding hydrogens is 240 g/mol. The lowest BCUT2D eigenvalue weighted by Crippen LogP contribution is -1.98. The number of hydrogen-bond donors (Lipinski definition) is 1. The normalized spacial score (nSPS) is 10.8. The molecule has 5 heteroatoms. The summed E-state index contributed by atoms with van der Waals surface area (Å²) in [5.41, 5.74) is 8.68. The fraction of sp³-hybridized carbons (Fsp3) is 0.0714. The number of nitrogen functional groups attached to an aromatic ring is 1. The first kappa shape index (κ1) is 11.4. The van der Waals surface area contributed by atoms with Crippen molar-refractivity contribution in [1.29, 1.82) is 0 Å². The lowest BCUT2D eigenvalue weighted by molar-refractivity contribution is 0.101. The summed E-state index contributed by atoms with van der Waals surface area (Å²) in [5.74, 6) is 0.569. The molecule has 0 atom stereocenters. The van der Waals surface area contributed by atoms with Gasteiger partial charge in [0.25, 0.3) is 0 Å². The molecule has 0 aromatic carbocycles. The van der Waals surface area contributed by atoms with Gasteiger partial charge >= 0.3 is 0 Å². The van der Waals surface area contributed by atoms with Crippen LogP contribution in [-0.4, -0.2) is 20.2 Å². The maximum Gasteiger partial charge on any atom is 0.176 e. The Morgan fingerprint density at radius 1 is 1.26 bits per heavy atom. The molecule has 0 saturated heterocycles. The van der Waals surface area contributed by atoms with E-state index < -0.39 is 0 Å². The van der Waals surface area contributed by atoms with Crippen molar-refractivity contribution >= 4 is 17.0 Å². The van der Waals surface area contributed by atoms with Crippen LogP contribution in [-0.2, 0) is 0 Å². The van der Waals surface area contributed by atoms with Gasteiger partial charge in [-0.15, -0.1) is 0 Å². The molecule has 5 nitrogen and oxygen atoms in total. The number of fused-ring (bicyclic) bond motifs is 1. The zero-order chi connectivity index (χ0) is 13.4. The topological polar surface area (TPSA) is 73.3 Å². The number of carbonyl (C=O) groups is 1. The monoisotopic (exact) mass is 252 g/mol. The van der Waals surface area contributed by atoms with Gasteiger partial charge in [-0.25, -0.2) is 9.97 Å². The quantitative estimate of drug-likeness (QED) is 0.709. The average molecular weight is 252 g/mol. The summed E-state index contributed by atoms with van der Waals surface area (Å²) >= 11 is 0. The van der Waals surface area contributed by atoms with Crippen LogP contribution in [0.15, 0.2) is 42.9 Å². The standard InChI is InChI=1S/C14H12N4O/c1-9(19)12-8-11(14-16-4-2-5-17-14)13-7-10(15)3-6-18(12)13/h2-8H,15H2,1H3. The molecule has 0 aliphatic carbocycles. The van der Waals surface area contributed by atoms with Gasteiger partial charge in [-0.05, 0) is 24.3 Å². The minimum atomic E-state index is -0.0121. The number of rotatable bonds is 2. The maximum absolute atomic E-state index is 11.7. The molecule has 0 fully saturated rings. The first-order valence-electron chi connectivity index (χ1n) is 5.86. The van der Waals surface area contributed by atoms with Crippen LogP contribution in [0.25, 0.3) is 16.9 Å². The average Bonchev–Trinajstić information content (AvgIpc) is 2.78. The molecule has 0 bridgehead atoms. The molecule has 3 heterocycles. The van der Waals surface area contributed by atoms with Crippen molar-refractivity contribution in [2.45, 2.75) is 6.92 Å². The molecule has 0 aliphatic heterocycles. The molecule has 3 aromatic rings. The predicted molar refractivity (Wildman–Crippen MR) is 72.8 cm³/mol. The van der Waals surface area contributed by atoms with E-state index in [4.69, 9.17) is 5.73 Å². The Bertz CT molecular complexity index is 762. The van der Waals surface area contributed by atoms with E-state index >= 15 is 0 Å². The summed E-state index contributed by atoms with van der Waals surface area (Å²) in [6.45, 7) is 1.54. The minimum Gasteiger partial charge on any atom is -0.399 e. The summed E-state index contributed by atoms with van der Waals surface area (Å²) in [6, 6.07) is 7.13. The van der Waals surface area contributed by atoms with E-state index in [-0.39, 0.29) is 5.78 Å². The number of aromatic nitrogens is 3. The number of pyridine rings is 1. The van der Waals surface area contributed by atoms with Gasteiger partial charge in [0.2, 0.25) is 0 Å². The van der Waals surface area contributed by atoms with Crippen molar-refractivity contribution in [2.24, 2.45) is 0 Å². The van der Waals surface area contributed by atoms with Crippen LogP contribution in [0.3, 0.4) is 0 Å². The van der Waals surface area contributed by atoms with Crippen molar-refractivity contribution in [1.82, 2.24) is 14.4 Å². The number of Topliss-reactive ketones (excluding diaryl/α,β-unsaturated/α-hetero) is 1. The van der Waals surface area contributed by atoms with Gasteiger partial charge in [0.15, 0.2) is 11.6 Å². The van der Waals surface area contributed by atoms with Crippen LogP contribution in [0, 0.1) is 0 Å². The number of nitrogens with zero attached hydrogens (tertiary/aromatic N) is 3. The molecule has 0 radical (unpaired) electrons. The second-order valence-electron chi connectivity index (χ2n) is 4.29. The first-order chi connectivity index (χ1) is 9.16. The van der Waals surface area contributed by atoms with Crippen LogP contribution >= 0.6 is 0 Å². The van der Waals surface area contributed by atoms with Crippen molar-refractivity contribution in [2.75, 3.05) is 5.73 Å². The molecule has 19 heavy (non-hydrogen) atoms. The molecule has 0 spiro atoms. The molecular formula is C14H12N4O. The van der Waals surface area contributed by atoms with Crippen LogP contribution in [0.1, 0.15) is 17.4 Å². The van der Waals surface area contributed by atoms with Crippen LogP contribution < -0.4 is 5.73 Å². The number of nitrogens with two attached hydrogens (primary N) is 1. The van der Waals surface area contributed by atoms with E-state index in [2.05, 4.69) is 9.97 Å². The van der Waals surface area contributed by atoms with Crippen molar-refractivity contribution < 1.29 is 4.79 Å². The molecule has 0 unspecified atom stereocenters. The van der Waals surface area contributed by atoms with Crippen LogP contribution in [0.5, 0.6) is 0 Å². The Morgan fingerprint density at radius 2 is 2.00 bits per heavy atom. The van der Waals surface area contributed by atoms with E-state index in [1.165, 1.54) is 6.92 Å². The zero-order valence-electron chi connectivity index (χ0n) is 10.4. The van der Waals surface area contributed by atoms with Crippen molar-refractivity contribution in [3.8, 4) is 11.4 Å². The number of anilines is 1. The fourth-order valence-corrected chi connectivity index (χ4v) is 2.10. The van der Waals surface area contributed by atoms with E-state index in [1.54, 1.807) is 36.8 Å². The highest BCUT2D eigenvalue weighted by atomic mass is 16.1. The molecule has 3 aromatic heterocycles. The summed E-state index contributed by atoms with van der Waals surface area (Å²) < 4.78 is 1.81. The maximum atomic E-state index is 11.7. The second kappa shape index (κ2) is 4.20. The van der Waals surface area contributed by atoms with Gasteiger partial charge in [0.05, 0.1) is 11.2 Å². The zero-order valence-corrected chi connectivity index (χ0v) is 10.4. The summed E-state index contributed by atoms with van der Waals surface area (Å²) in [4.78, 5) is 20.1. The third-order valence-electron chi connectivity index (χ3n) is 2.96. The van der Waals surface area contributed by atoms with Gasteiger partial charge < -0.3 is 10.1 Å². The van der Waals surface area contributed by atoms with Crippen molar-refractivity contribution in [3.05, 3.63) is 48.5 Å². The van der Waals surface area contributed by atoms with E-state index in [9.17, 15) is 4.79 Å². The highest BCUT2D eigenvalue weighted by Crippen LogP contribution is 2.26. The molecule has 0 amide bonds. The lowest BCUT2D eigenvalue weighted by Gasteiger charge is -2.01. The minimum absolute atomic E-state index is 0.0121. The van der Waals surface area contributed by atoms with Gasteiger partial charge in [0, 0.05) is 36.8 Å². The Labute approximate surface area is 109 Å². The smallest absolute Gasteiger partial charge is 0.176 e.